The molecule has 0 bridgehead atoms. The van der Waals surface area contributed by atoms with Crippen molar-refractivity contribution >= 4 is 29.0 Å². The lowest BCUT2D eigenvalue weighted by molar-refractivity contribution is -0.137. The Morgan fingerprint density at radius 3 is 2.41 bits per heavy atom. The van der Waals surface area contributed by atoms with Crippen molar-refractivity contribution in [1.82, 2.24) is 24.4 Å². The zero-order valence-electron chi connectivity index (χ0n) is 15.4. The Kier molecular flexibility index (Phi) is 5.04. The van der Waals surface area contributed by atoms with Crippen LogP contribution in [0.5, 0.6) is 0 Å². The van der Waals surface area contributed by atoms with E-state index in [1.807, 2.05) is 48.9 Å². The molecule has 29 heavy (non-hydrogen) atoms. The van der Waals surface area contributed by atoms with Crippen LogP contribution in [0.25, 0.3) is 11.3 Å². The van der Waals surface area contributed by atoms with Crippen LogP contribution >= 0.6 is 23.4 Å². The molecule has 0 aliphatic heterocycles. The van der Waals surface area contributed by atoms with Crippen molar-refractivity contribution in [2.75, 3.05) is 0 Å². The van der Waals surface area contributed by atoms with Crippen LogP contribution in [0.4, 0.5) is 13.2 Å². The van der Waals surface area contributed by atoms with Gasteiger partial charge in [-0.15, -0.1) is 10.2 Å². The number of benzene rings is 1. The van der Waals surface area contributed by atoms with Gasteiger partial charge in [-0.1, -0.05) is 35.5 Å². The molecule has 0 atom stereocenters. The smallest absolute Gasteiger partial charge is 0.276 e. The molecule has 0 fully saturated rings. The summed E-state index contributed by atoms with van der Waals surface area (Å²) in [5.41, 5.74) is 3.27. The number of aryl methyl sites for hydroxylation is 2. The van der Waals surface area contributed by atoms with Crippen LogP contribution in [0.1, 0.15) is 22.5 Å². The summed E-state index contributed by atoms with van der Waals surface area (Å²) in [6.07, 6.45) is -3.53. The predicted octanol–water partition coefficient (Wildman–Crippen LogP) is 5.50. The van der Waals surface area contributed by atoms with Crippen molar-refractivity contribution in [1.29, 1.82) is 0 Å². The van der Waals surface area contributed by atoms with E-state index < -0.39 is 11.7 Å². The van der Waals surface area contributed by atoms with Gasteiger partial charge in [-0.3, -0.25) is 4.40 Å². The summed E-state index contributed by atoms with van der Waals surface area (Å²) in [7, 11) is 0. The minimum atomic E-state index is -4.50. The third-order valence-corrected chi connectivity index (χ3v) is 5.61. The largest absolute Gasteiger partial charge is 0.417 e. The van der Waals surface area contributed by atoms with Gasteiger partial charge in [-0.05, 0) is 43.7 Å². The molecule has 3 heterocycles. The van der Waals surface area contributed by atoms with E-state index in [0.29, 0.717) is 10.9 Å². The Bertz CT molecular complexity index is 1180. The second-order valence-electron chi connectivity index (χ2n) is 6.54. The number of hydrogen-bond donors (Lipinski definition) is 0. The van der Waals surface area contributed by atoms with Crippen LogP contribution < -0.4 is 0 Å². The Morgan fingerprint density at radius 2 is 1.79 bits per heavy atom. The van der Waals surface area contributed by atoms with E-state index in [1.165, 1.54) is 16.2 Å². The summed E-state index contributed by atoms with van der Waals surface area (Å²) in [5, 5.41) is 12.6. The van der Waals surface area contributed by atoms with Gasteiger partial charge in [0.15, 0.2) is 10.8 Å². The van der Waals surface area contributed by atoms with E-state index in [1.54, 1.807) is 0 Å². The van der Waals surface area contributed by atoms with Crippen molar-refractivity contribution in [2.24, 2.45) is 0 Å². The van der Waals surface area contributed by atoms with Crippen LogP contribution in [-0.2, 0) is 11.9 Å². The molecular formula is C19H15ClF3N5S. The van der Waals surface area contributed by atoms with Crippen LogP contribution in [0.2, 0.25) is 5.02 Å². The van der Waals surface area contributed by atoms with E-state index in [2.05, 4.69) is 15.3 Å². The van der Waals surface area contributed by atoms with Crippen LogP contribution in [0, 0.1) is 13.8 Å². The second kappa shape index (κ2) is 7.38. The minimum Gasteiger partial charge on any atom is -0.276 e. The number of alkyl halides is 3. The predicted molar refractivity (Wildman–Crippen MR) is 106 cm³/mol. The van der Waals surface area contributed by atoms with Gasteiger partial charge in [0.05, 0.1) is 22.0 Å². The lowest BCUT2D eigenvalue weighted by Crippen LogP contribution is -2.07. The van der Waals surface area contributed by atoms with E-state index in [-0.39, 0.29) is 10.7 Å². The summed E-state index contributed by atoms with van der Waals surface area (Å²) in [6.45, 7) is 3.92. The molecule has 0 radical (unpaired) electrons. The highest BCUT2D eigenvalue weighted by atomic mass is 35.5. The number of hydrogen-bond acceptors (Lipinski definition) is 4. The molecule has 0 unspecified atom stereocenters. The van der Waals surface area contributed by atoms with Crippen LogP contribution in [0.3, 0.4) is 0 Å². The first-order chi connectivity index (χ1) is 13.7. The molecule has 4 rings (SSSR count). The SMILES string of the molecule is Cc1cc(C)n(-c2ccc(CSc3nnc4c(Cl)cc(C(F)(F)F)cn34)cc2)n1. The maximum absolute atomic E-state index is 13.1. The fourth-order valence-electron chi connectivity index (χ4n) is 2.96. The summed E-state index contributed by atoms with van der Waals surface area (Å²) >= 11 is 7.24. The maximum atomic E-state index is 13.1. The van der Waals surface area contributed by atoms with Crippen LogP contribution in [0.15, 0.2) is 47.8 Å². The second-order valence-corrected chi connectivity index (χ2v) is 7.89. The van der Waals surface area contributed by atoms with E-state index in [9.17, 15) is 13.2 Å². The molecule has 0 saturated heterocycles. The van der Waals surface area contributed by atoms with E-state index in [0.717, 1.165) is 34.9 Å². The summed E-state index contributed by atoms with van der Waals surface area (Å²) in [5.74, 6) is 0.520. The fraction of sp³-hybridized carbons (Fsp3) is 0.211. The Hall–Kier alpha value is -2.52. The molecule has 1 aromatic carbocycles. The molecule has 0 aliphatic carbocycles. The molecule has 0 saturated carbocycles. The van der Waals surface area contributed by atoms with E-state index >= 15 is 0 Å². The number of rotatable bonds is 4. The normalized spacial score (nSPS) is 12.1. The number of thioether (sulfide) groups is 1. The number of fused-ring (bicyclic) bond motifs is 1. The third kappa shape index (κ3) is 3.97. The minimum absolute atomic E-state index is 0.0894. The molecule has 5 nitrogen and oxygen atoms in total. The summed E-state index contributed by atoms with van der Waals surface area (Å²) < 4.78 is 42.3. The number of pyridine rings is 1. The number of halogens is 4. The standard InChI is InChI=1S/C19H15ClF3N5S/c1-11-7-12(2)28(26-11)15-5-3-13(4-6-15)10-29-18-25-24-17-16(20)8-14(9-27(17)18)19(21,22)23/h3-9H,10H2,1-2H3. The topological polar surface area (TPSA) is 48.0 Å². The Balaban J connectivity index is 1.55. The quantitative estimate of drug-likeness (QED) is 0.396. The zero-order chi connectivity index (χ0) is 20.8. The van der Waals surface area contributed by atoms with Gasteiger partial charge in [0.2, 0.25) is 0 Å². The molecule has 150 valence electrons. The number of nitrogens with zero attached hydrogens (tertiary/aromatic N) is 5. The molecule has 10 heteroatoms. The highest BCUT2D eigenvalue weighted by Gasteiger charge is 2.32. The highest BCUT2D eigenvalue weighted by Crippen LogP contribution is 2.33. The summed E-state index contributed by atoms with van der Waals surface area (Å²) in [4.78, 5) is 0. The monoisotopic (exact) mass is 437 g/mol. The molecule has 0 aliphatic rings. The molecule has 0 spiro atoms. The number of aromatic nitrogens is 5. The van der Waals surface area contributed by atoms with Gasteiger partial charge in [0, 0.05) is 17.6 Å². The first-order valence-electron chi connectivity index (χ1n) is 8.59. The average molecular weight is 438 g/mol. The van der Waals surface area contributed by atoms with Crippen molar-refractivity contribution in [3.05, 3.63) is 70.1 Å². The van der Waals surface area contributed by atoms with Crippen molar-refractivity contribution < 1.29 is 13.2 Å². The zero-order valence-corrected chi connectivity index (χ0v) is 17.0. The lowest BCUT2D eigenvalue weighted by Gasteiger charge is -2.09. The average Bonchev–Trinajstić information content (AvgIpc) is 3.22. The van der Waals surface area contributed by atoms with Gasteiger partial charge < -0.3 is 0 Å². The highest BCUT2D eigenvalue weighted by molar-refractivity contribution is 7.98. The van der Waals surface area contributed by atoms with Gasteiger partial charge in [0.25, 0.3) is 0 Å². The third-order valence-electron chi connectivity index (χ3n) is 4.31. The lowest BCUT2D eigenvalue weighted by atomic mass is 10.2. The summed E-state index contributed by atoms with van der Waals surface area (Å²) in [6, 6.07) is 10.7. The fourth-order valence-corrected chi connectivity index (χ4v) is 4.07. The van der Waals surface area contributed by atoms with Gasteiger partial charge in [-0.25, -0.2) is 4.68 Å². The molecular weight excluding hydrogens is 423 g/mol. The van der Waals surface area contributed by atoms with Crippen molar-refractivity contribution in [3.8, 4) is 5.69 Å². The van der Waals surface area contributed by atoms with Crippen molar-refractivity contribution in [3.63, 3.8) is 0 Å². The maximum Gasteiger partial charge on any atom is 0.417 e. The van der Waals surface area contributed by atoms with Crippen LogP contribution in [-0.4, -0.2) is 24.4 Å². The van der Waals surface area contributed by atoms with Crippen molar-refractivity contribution in [2.45, 2.75) is 30.9 Å². The van der Waals surface area contributed by atoms with Gasteiger partial charge >= 0.3 is 6.18 Å². The Morgan fingerprint density at radius 1 is 1.07 bits per heavy atom. The van der Waals surface area contributed by atoms with Gasteiger partial charge in [0.1, 0.15) is 0 Å². The molecule has 3 aromatic heterocycles. The first-order valence-corrected chi connectivity index (χ1v) is 9.95. The molecule has 0 amide bonds. The molecule has 0 N–H and O–H groups in total. The molecule has 4 aromatic rings. The van der Waals surface area contributed by atoms with Gasteiger partial charge in [-0.2, -0.15) is 18.3 Å². The Labute approximate surface area is 173 Å². The first kappa shape index (κ1) is 19.8. The van der Waals surface area contributed by atoms with E-state index in [4.69, 9.17) is 11.6 Å².